The number of nitrogens with one attached hydrogen (secondary N) is 2. The number of carboxylic acid groups (broad SMARTS) is 1. The fourth-order valence-corrected chi connectivity index (χ4v) is 1.54. The maximum absolute atomic E-state index is 11.5. The molecule has 0 unspecified atom stereocenters. The molecule has 104 valence electrons. The number of rotatable bonds is 7. The van der Waals surface area contributed by atoms with Crippen molar-refractivity contribution in [2.45, 2.75) is 32.7 Å². The Morgan fingerprint density at radius 2 is 2.11 bits per heavy atom. The van der Waals surface area contributed by atoms with Crippen LogP contribution in [0.15, 0.2) is 18.5 Å². The van der Waals surface area contributed by atoms with Crippen LogP contribution in [0.4, 0.5) is 4.79 Å². The second kappa shape index (κ2) is 8.07. The monoisotopic (exact) mass is 265 g/mol. The summed E-state index contributed by atoms with van der Waals surface area (Å²) < 4.78 is 0. The normalized spacial score (nSPS) is 9.95. The molecule has 2 amide bonds. The van der Waals surface area contributed by atoms with Gasteiger partial charge in [-0.3, -0.25) is 9.78 Å². The first kappa shape index (κ1) is 14.9. The van der Waals surface area contributed by atoms with Crippen LogP contribution in [0.25, 0.3) is 0 Å². The Kier molecular flexibility index (Phi) is 6.35. The number of urea groups is 1. The molecular formula is C13H19N3O3. The van der Waals surface area contributed by atoms with Crippen LogP contribution in [0.1, 0.15) is 30.4 Å². The predicted octanol–water partition coefficient (Wildman–Crippen LogP) is 1.44. The molecule has 3 N–H and O–H groups in total. The van der Waals surface area contributed by atoms with E-state index in [1.807, 2.05) is 13.0 Å². The number of nitrogens with zero attached hydrogens (tertiary/aromatic N) is 1. The molecule has 1 heterocycles. The summed E-state index contributed by atoms with van der Waals surface area (Å²) in [6.07, 6.45) is 4.81. The van der Waals surface area contributed by atoms with Crippen molar-refractivity contribution in [2.24, 2.45) is 0 Å². The first-order chi connectivity index (χ1) is 9.09. The minimum atomic E-state index is -0.808. The molecule has 0 saturated heterocycles. The number of hydrogen-bond acceptors (Lipinski definition) is 3. The highest BCUT2D eigenvalue weighted by Gasteiger charge is 2.02. The van der Waals surface area contributed by atoms with Gasteiger partial charge < -0.3 is 15.7 Å². The largest absolute Gasteiger partial charge is 0.481 e. The van der Waals surface area contributed by atoms with Gasteiger partial charge in [-0.15, -0.1) is 0 Å². The van der Waals surface area contributed by atoms with Crippen molar-refractivity contribution in [3.8, 4) is 0 Å². The SMILES string of the molecule is Cc1cnccc1CNC(=O)NCCCCC(=O)O. The van der Waals surface area contributed by atoms with Crippen molar-refractivity contribution in [1.29, 1.82) is 0 Å². The molecule has 0 radical (unpaired) electrons. The molecule has 0 aliphatic rings. The molecule has 0 fully saturated rings. The van der Waals surface area contributed by atoms with Crippen LogP contribution in [-0.2, 0) is 11.3 Å². The summed E-state index contributed by atoms with van der Waals surface area (Å²) in [5, 5.41) is 13.9. The molecule has 0 bridgehead atoms. The van der Waals surface area contributed by atoms with Crippen LogP contribution in [0.2, 0.25) is 0 Å². The Balaban J connectivity index is 2.15. The van der Waals surface area contributed by atoms with E-state index in [1.165, 1.54) is 0 Å². The van der Waals surface area contributed by atoms with Crippen LogP contribution in [-0.4, -0.2) is 28.6 Å². The second-order valence-electron chi connectivity index (χ2n) is 4.26. The molecule has 19 heavy (non-hydrogen) atoms. The number of unbranched alkanes of at least 4 members (excludes halogenated alkanes) is 1. The summed E-state index contributed by atoms with van der Waals surface area (Å²) in [5.74, 6) is -0.808. The van der Waals surface area contributed by atoms with Crippen LogP contribution in [0.5, 0.6) is 0 Å². The maximum Gasteiger partial charge on any atom is 0.315 e. The van der Waals surface area contributed by atoms with Gasteiger partial charge in [0.15, 0.2) is 0 Å². The molecule has 1 rings (SSSR count). The number of carboxylic acids is 1. The molecule has 0 saturated carbocycles. The Morgan fingerprint density at radius 1 is 1.32 bits per heavy atom. The number of aromatic nitrogens is 1. The summed E-state index contributed by atoms with van der Waals surface area (Å²) in [6.45, 7) is 2.87. The lowest BCUT2D eigenvalue weighted by atomic mass is 10.1. The first-order valence-electron chi connectivity index (χ1n) is 6.22. The van der Waals surface area contributed by atoms with Crippen LogP contribution in [0, 0.1) is 6.92 Å². The van der Waals surface area contributed by atoms with Gasteiger partial charge in [0.25, 0.3) is 0 Å². The van der Waals surface area contributed by atoms with Crippen molar-refractivity contribution in [3.05, 3.63) is 29.6 Å². The quantitative estimate of drug-likeness (QED) is 0.651. The fourth-order valence-electron chi connectivity index (χ4n) is 1.54. The van der Waals surface area contributed by atoms with Crippen LogP contribution >= 0.6 is 0 Å². The topological polar surface area (TPSA) is 91.3 Å². The standard InChI is InChI=1S/C13H19N3O3/c1-10-8-14-7-5-11(10)9-16-13(19)15-6-3-2-4-12(17)18/h5,7-8H,2-4,6,9H2,1H3,(H,17,18)(H2,15,16,19). The Labute approximate surface area is 112 Å². The molecule has 0 atom stereocenters. The van der Waals surface area contributed by atoms with Gasteiger partial charge in [0.2, 0.25) is 0 Å². The first-order valence-corrected chi connectivity index (χ1v) is 6.22. The summed E-state index contributed by atoms with van der Waals surface area (Å²) >= 11 is 0. The van der Waals surface area contributed by atoms with Gasteiger partial charge in [0, 0.05) is 31.9 Å². The smallest absolute Gasteiger partial charge is 0.315 e. The van der Waals surface area contributed by atoms with E-state index in [0.29, 0.717) is 25.9 Å². The van der Waals surface area contributed by atoms with Gasteiger partial charge >= 0.3 is 12.0 Å². The Morgan fingerprint density at radius 3 is 2.79 bits per heavy atom. The molecule has 0 aliphatic heterocycles. The van der Waals surface area contributed by atoms with Gasteiger partial charge in [-0.05, 0) is 37.0 Å². The van der Waals surface area contributed by atoms with E-state index in [1.54, 1.807) is 12.4 Å². The third kappa shape index (κ3) is 6.40. The minimum Gasteiger partial charge on any atom is -0.481 e. The third-order valence-corrected chi connectivity index (χ3v) is 2.68. The van der Waals surface area contributed by atoms with Gasteiger partial charge in [-0.2, -0.15) is 0 Å². The summed E-state index contributed by atoms with van der Waals surface area (Å²) in [4.78, 5) is 25.7. The van der Waals surface area contributed by atoms with Crippen molar-refractivity contribution in [2.75, 3.05) is 6.54 Å². The number of aryl methyl sites for hydroxylation is 1. The van der Waals surface area contributed by atoms with Gasteiger partial charge in [0.1, 0.15) is 0 Å². The summed E-state index contributed by atoms with van der Waals surface area (Å²) in [5.41, 5.74) is 2.06. The lowest BCUT2D eigenvalue weighted by Gasteiger charge is -2.08. The van der Waals surface area contributed by atoms with E-state index >= 15 is 0 Å². The van der Waals surface area contributed by atoms with E-state index < -0.39 is 5.97 Å². The lowest BCUT2D eigenvalue weighted by Crippen LogP contribution is -2.35. The minimum absolute atomic E-state index is 0.138. The average molecular weight is 265 g/mol. The number of aliphatic carboxylic acids is 1. The van der Waals surface area contributed by atoms with Crippen LogP contribution in [0.3, 0.4) is 0 Å². The Bertz CT molecular complexity index is 435. The highest BCUT2D eigenvalue weighted by atomic mass is 16.4. The van der Waals surface area contributed by atoms with Gasteiger partial charge in [0.05, 0.1) is 0 Å². The highest BCUT2D eigenvalue weighted by Crippen LogP contribution is 2.03. The fraction of sp³-hybridized carbons (Fsp3) is 0.462. The molecule has 0 spiro atoms. The highest BCUT2D eigenvalue weighted by molar-refractivity contribution is 5.73. The van der Waals surface area contributed by atoms with E-state index in [0.717, 1.165) is 11.1 Å². The van der Waals surface area contributed by atoms with Crippen molar-refractivity contribution in [1.82, 2.24) is 15.6 Å². The van der Waals surface area contributed by atoms with Crippen LogP contribution < -0.4 is 10.6 Å². The van der Waals surface area contributed by atoms with Crippen molar-refractivity contribution < 1.29 is 14.7 Å². The van der Waals surface area contributed by atoms with Gasteiger partial charge in [-0.25, -0.2) is 4.79 Å². The number of pyridine rings is 1. The predicted molar refractivity (Wildman–Crippen MR) is 70.7 cm³/mol. The Hall–Kier alpha value is -2.11. The number of carbonyl (C=O) groups is 2. The zero-order valence-electron chi connectivity index (χ0n) is 11.0. The lowest BCUT2D eigenvalue weighted by molar-refractivity contribution is -0.137. The second-order valence-corrected chi connectivity index (χ2v) is 4.26. The number of hydrogen-bond donors (Lipinski definition) is 3. The molecule has 0 aromatic carbocycles. The molecule has 0 aliphatic carbocycles. The zero-order valence-corrected chi connectivity index (χ0v) is 11.0. The summed E-state index contributed by atoms with van der Waals surface area (Å²) in [6, 6.07) is 1.62. The molecule has 6 nitrogen and oxygen atoms in total. The average Bonchev–Trinajstić information content (AvgIpc) is 2.37. The third-order valence-electron chi connectivity index (χ3n) is 2.68. The number of carbonyl (C=O) groups excluding carboxylic acids is 1. The van der Waals surface area contributed by atoms with Crippen molar-refractivity contribution in [3.63, 3.8) is 0 Å². The molecule has 1 aromatic rings. The zero-order chi connectivity index (χ0) is 14.1. The van der Waals surface area contributed by atoms with E-state index in [4.69, 9.17) is 5.11 Å². The van der Waals surface area contributed by atoms with E-state index in [9.17, 15) is 9.59 Å². The maximum atomic E-state index is 11.5. The number of amides is 2. The van der Waals surface area contributed by atoms with E-state index in [-0.39, 0.29) is 12.5 Å². The van der Waals surface area contributed by atoms with E-state index in [2.05, 4.69) is 15.6 Å². The molecule has 6 heteroatoms. The van der Waals surface area contributed by atoms with Crippen molar-refractivity contribution >= 4 is 12.0 Å². The van der Waals surface area contributed by atoms with Gasteiger partial charge in [-0.1, -0.05) is 0 Å². The summed E-state index contributed by atoms with van der Waals surface area (Å²) in [7, 11) is 0. The molecular weight excluding hydrogens is 246 g/mol. The molecule has 1 aromatic heterocycles.